The Labute approximate surface area is 177 Å². The molecule has 2 heterocycles. The van der Waals surface area contributed by atoms with Crippen molar-refractivity contribution in [3.8, 4) is 17.0 Å². The molecule has 4 aromatic rings. The number of aromatic nitrogens is 2. The molecule has 3 aromatic carbocycles. The number of hydrogen-bond donors (Lipinski definition) is 2. The van der Waals surface area contributed by atoms with Gasteiger partial charge in [-0.1, -0.05) is 54.1 Å². The van der Waals surface area contributed by atoms with Crippen LogP contribution in [0.1, 0.15) is 5.56 Å². The molecular formula is C23H17ClN4O2. The summed E-state index contributed by atoms with van der Waals surface area (Å²) in [5, 5.41) is 7.68. The number of carbonyl (C=O) groups is 1. The third kappa shape index (κ3) is 3.53. The Morgan fingerprint density at radius 2 is 1.90 bits per heavy atom. The zero-order valence-electron chi connectivity index (χ0n) is 15.9. The molecule has 0 fully saturated rings. The van der Waals surface area contributed by atoms with Crippen LogP contribution in [0.2, 0.25) is 5.02 Å². The molecule has 2 N–H and O–H groups in total. The summed E-state index contributed by atoms with van der Waals surface area (Å²) in [7, 11) is 0. The Balaban J connectivity index is 1.52. The summed E-state index contributed by atoms with van der Waals surface area (Å²) < 4.78 is 5.49. The van der Waals surface area contributed by atoms with Gasteiger partial charge in [-0.25, -0.2) is 9.97 Å². The van der Waals surface area contributed by atoms with Crippen molar-refractivity contribution in [2.45, 2.75) is 6.54 Å². The van der Waals surface area contributed by atoms with E-state index in [0.29, 0.717) is 29.0 Å². The van der Waals surface area contributed by atoms with Crippen LogP contribution in [0.4, 0.5) is 11.6 Å². The van der Waals surface area contributed by atoms with E-state index in [0.717, 1.165) is 27.7 Å². The molecule has 0 saturated heterocycles. The number of fused-ring (bicyclic) bond motifs is 2. The standard InChI is InChI=1S/C23H17ClN4O2/c24-16-9-10-18-17(11-16)21(14-5-2-1-3-6-14)28-23(26-18)25-12-15-7-4-8-19-22(15)27-20(29)13-30-19/h1-11H,12-13H2,(H,27,29)(H,25,26,28). The van der Waals surface area contributed by atoms with Crippen molar-refractivity contribution in [3.05, 3.63) is 77.3 Å². The number of anilines is 2. The van der Waals surface area contributed by atoms with Gasteiger partial charge in [0.15, 0.2) is 6.61 Å². The van der Waals surface area contributed by atoms with E-state index in [-0.39, 0.29) is 12.5 Å². The number of ether oxygens (including phenoxy) is 1. The van der Waals surface area contributed by atoms with Gasteiger partial charge in [-0.3, -0.25) is 4.79 Å². The lowest BCUT2D eigenvalue weighted by atomic mass is 10.1. The highest BCUT2D eigenvalue weighted by Gasteiger charge is 2.19. The summed E-state index contributed by atoms with van der Waals surface area (Å²) in [6.45, 7) is 0.459. The van der Waals surface area contributed by atoms with Gasteiger partial charge in [0.25, 0.3) is 5.91 Å². The van der Waals surface area contributed by atoms with Gasteiger partial charge in [0.05, 0.1) is 16.9 Å². The summed E-state index contributed by atoms with van der Waals surface area (Å²) in [5.74, 6) is 0.984. The van der Waals surface area contributed by atoms with Crippen LogP contribution in [-0.4, -0.2) is 22.5 Å². The third-order valence-electron chi connectivity index (χ3n) is 4.88. The summed E-state index contributed by atoms with van der Waals surface area (Å²) in [6, 6.07) is 21.2. The fourth-order valence-corrected chi connectivity index (χ4v) is 3.65. The number of amides is 1. The van der Waals surface area contributed by atoms with Gasteiger partial charge in [0.2, 0.25) is 5.95 Å². The van der Waals surface area contributed by atoms with Crippen molar-refractivity contribution in [3.63, 3.8) is 0 Å². The molecule has 0 bridgehead atoms. The maximum atomic E-state index is 11.7. The predicted molar refractivity (Wildman–Crippen MR) is 118 cm³/mol. The molecule has 0 aliphatic carbocycles. The quantitative estimate of drug-likeness (QED) is 0.495. The van der Waals surface area contributed by atoms with Crippen molar-refractivity contribution in [2.75, 3.05) is 17.2 Å². The predicted octanol–water partition coefficient (Wildman–Crippen LogP) is 4.89. The second kappa shape index (κ2) is 7.65. The molecule has 148 valence electrons. The molecule has 5 rings (SSSR count). The number of rotatable bonds is 4. The Bertz CT molecular complexity index is 1260. The smallest absolute Gasteiger partial charge is 0.262 e. The van der Waals surface area contributed by atoms with Gasteiger partial charge in [-0.2, -0.15) is 0 Å². The van der Waals surface area contributed by atoms with Crippen molar-refractivity contribution in [1.29, 1.82) is 0 Å². The van der Waals surface area contributed by atoms with Crippen molar-refractivity contribution >= 4 is 40.0 Å². The summed E-state index contributed by atoms with van der Waals surface area (Å²) in [4.78, 5) is 21.1. The fourth-order valence-electron chi connectivity index (χ4n) is 3.47. The molecule has 0 unspecified atom stereocenters. The highest BCUT2D eigenvalue weighted by atomic mass is 35.5. The Hall–Kier alpha value is -3.64. The molecule has 7 heteroatoms. The molecule has 0 atom stereocenters. The minimum atomic E-state index is -0.167. The molecule has 1 aliphatic heterocycles. The number of para-hydroxylation sites is 1. The first-order chi connectivity index (χ1) is 14.7. The Morgan fingerprint density at radius 1 is 1.03 bits per heavy atom. The average molecular weight is 417 g/mol. The molecule has 0 radical (unpaired) electrons. The number of nitrogens with one attached hydrogen (secondary N) is 2. The topological polar surface area (TPSA) is 76.1 Å². The summed E-state index contributed by atoms with van der Waals surface area (Å²) in [5.41, 5.74) is 4.14. The zero-order chi connectivity index (χ0) is 20.5. The van der Waals surface area contributed by atoms with E-state index < -0.39 is 0 Å². The first-order valence-corrected chi connectivity index (χ1v) is 9.86. The van der Waals surface area contributed by atoms with Gasteiger partial charge in [-0.15, -0.1) is 0 Å². The molecule has 6 nitrogen and oxygen atoms in total. The molecule has 1 aromatic heterocycles. The fraction of sp³-hybridized carbons (Fsp3) is 0.0870. The molecule has 0 saturated carbocycles. The summed E-state index contributed by atoms with van der Waals surface area (Å²) >= 11 is 6.22. The number of carbonyl (C=O) groups excluding carboxylic acids is 1. The van der Waals surface area contributed by atoms with Crippen molar-refractivity contribution in [2.24, 2.45) is 0 Å². The van der Waals surface area contributed by atoms with Crippen LogP contribution in [0.25, 0.3) is 22.2 Å². The van der Waals surface area contributed by atoms with Crippen LogP contribution in [0, 0.1) is 0 Å². The first-order valence-electron chi connectivity index (χ1n) is 9.48. The molecular weight excluding hydrogens is 400 g/mol. The molecule has 0 spiro atoms. The molecule has 1 amide bonds. The van der Waals surface area contributed by atoms with E-state index in [1.807, 2.05) is 66.7 Å². The lowest BCUT2D eigenvalue weighted by molar-refractivity contribution is -0.118. The van der Waals surface area contributed by atoms with Crippen LogP contribution in [0.3, 0.4) is 0 Å². The SMILES string of the molecule is O=C1COc2cccc(CNc3nc(-c4ccccc4)c4cc(Cl)ccc4n3)c2N1. The number of benzene rings is 3. The normalized spacial score (nSPS) is 12.8. The third-order valence-corrected chi connectivity index (χ3v) is 5.11. The van der Waals surface area contributed by atoms with E-state index in [9.17, 15) is 4.79 Å². The van der Waals surface area contributed by atoms with E-state index in [1.54, 1.807) is 0 Å². The summed E-state index contributed by atoms with van der Waals surface area (Å²) in [6.07, 6.45) is 0. The van der Waals surface area contributed by atoms with Gasteiger partial charge in [0, 0.05) is 22.5 Å². The Morgan fingerprint density at radius 3 is 2.77 bits per heavy atom. The van der Waals surface area contributed by atoms with Gasteiger partial charge in [0.1, 0.15) is 5.75 Å². The highest BCUT2D eigenvalue weighted by molar-refractivity contribution is 6.31. The molecule has 30 heavy (non-hydrogen) atoms. The van der Waals surface area contributed by atoms with Gasteiger partial charge in [-0.05, 0) is 29.8 Å². The Kier molecular flexibility index (Phi) is 4.69. The number of hydrogen-bond acceptors (Lipinski definition) is 5. The van der Waals surface area contributed by atoms with Crippen LogP contribution < -0.4 is 15.4 Å². The van der Waals surface area contributed by atoms with Crippen LogP contribution >= 0.6 is 11.6 Å². The lowest BCUT2D eigenvalue weighted by Crippen LogP contribution is -2.26. The van der Waals surface area contributed by atoms with Crippen LogP contribution in [0.5, 0.6) is 5.75 Å². The maximum Gasteiger partial charge on any atom is 0.262 e. The molecule has 1 aliphatic rings. The lowest BCUT2D eigenvalue weighted by Gasteiger charge is -2.21. The van der Waals surface area contributed by atoms with E-state index >= 15 is 0 Å². The van der Waals surface area contributed by atoms with E-state index in [4.69, 9.17) is 21.3 Å². The monoisotopic (exact) mass is 416 g/mol. The minimum Gasteiger partial charge on any atom is -0.482 e. The average Bonchev–Trinajstić information content (AvgIpc) is 2.78. The van der Waals surface area contributed by atoms with Crippen molar-refractivity contribution in [1.82, 2.24) is 9.97 Å². The van der Waals surface area contributed by atoms with Gasteiger partial charge < -0.3 is 15.4 Å². The second-order valence-corrected chi connectivity index (χ2v) is 7.34. The maximum absolute atomic E-state index is 11.7. The number of nitrogens with zero attached hydrogens (tertiary/aromatic N) is 2. The number of halogens is 1. The van der Waals surface area contributed by atoms with Crippen molar-refractivity contribution < 1.29 is 9.53 Å². The highest BCUT2D eigenvalue weighted by Crippen LogP contribution is 2.32. The second-order valence-electron chi connectivity index (χ2n) is 6.90. The van der Waals surface area contributed by atoms with Crippen LogP contribution in [-0.2, 0) is 11.3 Å². The zero-order valence-corrected chi connectivity index (χ0v) is 16.6. The van der Waals surface area contributed by atoms with E-state index in [2.05, 4.69) is 15.6 Å². The van der Waals surface area contributed by atoms with Gasteiger partial charge >= 0.3 is 0 Å². The van der Waals surface area contributed by atoms with E-state index in [1.165, 1.54) is 0 Å². The first kappa shape index (κ1) is 18.4. The van der Waals surface area contributed by atoms with Crippen LogP contribution in [0.15, 0.2) is 66.7 Å². The largest absolute Gasteiger partial charge is 0.482 e. The minimum absolute atomic E-state index is 0.0284.